The minimum Gasteiger partial charge on any atom is -0.369 e. The van der Waals surface area contributed by atoms with Crippen LogP contribution in [0, 0.1) is 0 Å². The van der Waals surface area contributed by atoms with Crippen LogP contribution in [0.2, 0.25) is 0 Å². The smallest absolute Gasteiger partial charge is 0.369 e. The van der Waals surface area contributed by atoms with Gasteiger partial charge in [0, 0.05) is 0 Å². The van der Waals surface area contributed by atoms with Gasteiger partial charge in [0.2, 0.25) is 5.91 Å². The molecule has 0 unspecified atom stereocenters. The van der Waals surface area contributed by atoms with Crippen LogP contribution in [-0.4, -0.2) is 22.7 Å². The van der Waals surface area contributed by atoms with Gasteiger partial charge in [-0.15, -0.1) is 0 Å². The van der Waals surface area contributed by atoms with E-state index < -0.39 is 23.6 Å². The van der Waals surface area contributed by atoms with Crippen LogP contribution >= 0.6 is 11.8 Å². The Morgan fingerprint density at radius 3 is 2.39 bits per heavy atom. The first-order valence-corrected chi connectivity index (χ1v) is 9.03. The molecule has 0 aromatic heterocycles. The van der Waals surface area contributed by atoms with Crippen molar-refractivity contribution in [2.75, 3.05) is 10.7 Å². The number of para-hydroxylation sites is 1. The van der Waals surface area contributed by atoms with E-state index >= 15 is 0 Å². The van der Waals surface area contributed by atoms with Crippen LogP contribution in [0.1, 0.15) is 11.1 Å². The Kier molecular flexibility index (Phi) is 5.55. The fourth-order valence-corrected chi connectivity index (χ4v) is 3.31. The number of amidine groups is 1. The molecule has 9 heteroatoms. The van der Waals surface area contributed by atoms with Crippen molar-refractivity contribution in [2.24, 2.45) is 10.7 Å². The first kappa shape index (κ1) is 19.7. The maximum atomic E-state index is 13.2. The van der Waals surface area contributed by atoms with E-state index in [1.54, 1.807) is 30.3 Å². The summed E-state index contributed by atoms with van der Waals surface area (Å²) in [4.78, 5) is 29.4. The van der Waals surface area contributed by atoms with Gasteiger partial charge in [0.05, 0.1) is 17.0 Å². The first-order valence-electron chi connectivity index (χ1n) is 8.04. The predicted molar refractivity (Wildman–Crippen MR) is 102 cm³/mol. The van der Waals surface area contributed by atoms with Gasteiger partial charge in [-0.1, -0.05) is 48.2 Å². The molecule has 1 aliphatic heterocycles. The Hall–Kier alpha value is -3.07. The molecule has 0 atom stereocenters. The molecule has 0 saturated carbocycles. The van der Waals surface area contributed by atoms with Gasteiger partial charge in [0.1, 0.15) is 5.70 Å². The molecule has 1 aliphatic rings. The number of carbonyl (C=O) groups excluding carboxylic acids is 2. The molecule has 3 rings (SSSR count). The van der Waals surface area contributed by atoms with Crippen molar-refractivity contribution in [3.63, 3.8) is 0 Å². The number of carbonyl (C=O) groups is 2. The number of halogens is 3. The zero-order chi connectivity index (χ0) is 20.3. The number of nitrogens with zero attached hydrogens (tertiary/aromatic N) is 2. The van der Waals surface area contributed by atoms with Gasteiger partial charge >= 0.3 is 6.18 Å². The summed E-state index contributed by atoms with van der Waals surface area (Å²) in [6, 6.07) is 13.4. The van der Waals surface area contributed by atoms with Crippen LogP contribution in [0.15, 0.2) is 65.3 Å². The molecule has 0 radical (unpaired) electrons. The van der Waals surface area contributed by atoms with E-state index in [0.29, 0.717) is 5.69 Å². The number of benzene rings is 2. The van der Waals surface area contributed by atoms with Gasteiger partial charge in [0.25, 0.3) is 5.91 Å². The molecule has 2 aromatic rings. The van der Waals surface area contributed by atoms with Gasteiger partial charge < -0.3 is 5.73 Å². The third kappa shape index (κ3) is 4.25. The lowest BCUT2D eigenvalue weighted by Crippen LogP contribution is -2.31. The summed E-state index contributed by atoms with van der Waals surface area (Å²) < 4.78 is 39.7. The minimum atomic E-state index is -4.57. The maximum absolute atomic E-state index is 13.2. The molecular weight excluding hydrogens is 391 g/mol. The average Bonchev–Trinajstić information content (AvgIpc) is 2.96. The van der Waals surface area contributed by atoms with Crippen molar-refractivity contribution in [3.8, 4) is 0 Å². The first-order chi connectivity index (χ1) is 13.3. The number of hydrogen-bond donors (Lipinski definition) is 1. The average molecular weight is 405 g/mol. The molecule has 0 aliphatic carbocycles. The van der Waals surface area contributed by atoms with Crippen molar-refractivity contribution in [1.82, 2.24) is 0 Å². The number of rotatable bonds is 4. The Morgan fingerprint density at radius 1 is 1.11 bits per heavy atom. The highest BCUT2D eigenvalue weighted by Gasteiger charge is 2.35. The molecule has 144 valence electrons. The number of thioether (sulfide) groups is 1. The van der Waals surface area contributed by atoms with E-state index in [1.807, 2.05) is 0 Å². The van der Waals surface area contributed by atoms with Crippen molar-refractivity contribution < 1.29 is 22.8 Å². The highest BCUT2D eigenvalue weighted by molar-refractivity contribution is 8.14. The number of alkyl halides is 3. The van der Waals surface area contributed by atoms with Crippen LogP contribution in [-0.2, 0) is 15.8 Å². The van der Waals surface area contributed by atoms with Crippen molar-refractivity contribution in [2.45, 2.75) is 6.18 Å². The standard InChI is InChI=1S/C19H14F3N3O2S/c20-19(21,22)14-9-5-4-6-12(14)10-15-17(27)25(13-7-2-1-3-8-13)18(24-15)28-11-16(23)26/h1-10H,11H2,(H2,23,26)/b15-10-. The second kappa shape index (κ2) is 7.89. The highest BCUT2D eigenvalue weighted by atomic mass is 32.2. The summed E-state index contributed by atoms with van der Waals surface area (Å²) in [5.41, 5.74) is 4.44. The van der Waals surface area contributed by atoms with Crippen molar-refractivity contribution in [1.29, 1.82) is 0 Å². The van der Waals surface area contributed by atoms with Crippen LogP contribution in [0.5, 0.6) is 0 Å². The van der Waals surface area contributed by atoms with E-state index in [4.69, 9.17) is 5.73 Å². The zero-order valence-electron chi connectivity index (χ0n) is 14.3. The normalized spacial score (nSPS) is 15.8. The molecule has 2 N–H and O–H groups in total. The zero-order valence-corrected chi connectivity index (χ0v) is 15.1. The summed E-state index contributed by atoms with van der Waals surface area (Å²) in [6.07, 6.45) is -3.47. The van der Waals surface area contributed by atoms with Gasteiger partial charge in [0.15, 0.2) is 5.17 Å². The van der Waals surface area contributed by atoms with E-state index in [2.05, 4.69) is 4.99 Å². The largest absolute Gasteiger partial charge is 0.416 e. The van der Waals surface area contributed by atoms with Gasteiger partial charge in [-0.25, -0.2) is 4.99 Å². The number of primary amides is 1. The monoisotopic (exact) mass is 405 g/mol. The van der Waals surface area contributed by atoms with Crippen molar-refractivity contribution >= 4 is 40.5 Å². The van der Waals surface area contributed by atoms with Crippen LogP contribution < -0.4 is 10.6 Å². The van der Waals surface area contributed by atoms with E-state index in [-0.39, 0.29) is 22.2 Å². The van der Waals surface area contributed by atoms with Crippen LogP contribution in [0.4, 0.5) is 18.9 Å². The van der Waals surface area contributed by atoms with Crippen LogP contribution in [0.3, 0.4) is 0 Å². The lowest BCUT2D eigenvalue weighted by molar-refractivity contribution is -0.137. The van der Waals surface area contributed by atoms with E-state index in [9.17, 15) is 22.8 Å². The predicted octanol–water partition coefficient (Wildman–Crippen LogP) is 3.67. The lowest BCUT2D eigenvalue weighted by Gasteiger charge is -2.17. The summed E-state index contributed by atoms with van der Waals surface area (Å²) in [7, 11) is 0. The summed E-state index contributed by atoms with van der Waals surface area (Å²) in [5.74, 6) is -1.31. The Morgan fingerprint density at radius 2 is 1.75 bits per heavy atom. The quantitative estimate of drug-likeness (QED) is 0.789. The molecule has 2 amide bonds. The number of nitrogens with two attached hydrogens (primary N) is 1. The molecule has 2 aromatic carbocycles. The molecule has 28 heavy (non-hydrogen) atoms. The molecule has 0 saturated heterocycles. The van der Waals surface area contributed by atoms with Gasteiger partial charge in [-0.2, -0.15) is 13.2 Å². The number of anilines is 1. The van der Waals surface area contributed by atoms with E-state index in [1.165, 1.54) is 23.1 Å². The highest BCUT2D eigenvalue weighted by Crippen LogP contribution is 2.34. The molecule has 0 bridgehead atoms. The van der Waals surface area contributed by atoms with Gasteiger partial charge in [-0.3, -0.25) is 14.5 Å². The third-order valence-corrected chi connectivity index (χ3v) is 4.71. The summed E-state index contributed by atoms with van der Waals surface area (Å²) in [5, 5.41) is 0.172. The van der Waals surface area contributed by atoms with Crippen LogP contribution in [0.25, 0.3) is 6.08 Å². The fraction of sp³-hybridized carbons (Fsp3) is 0.105. The topological polar surface area (TPSA) is 75.8 Å². The summed E-state index contributed by atoms with van der Waals surface area (Å²) in [6.45, 7) is 0. The maximum Gasteiger partial charge on any atom is 0.416 e. The second-order valence-electron chi connectivity index (χ2n) is 5.74. The van der Waals surface area contributed by atoms with Crippen molar-refractivity contribution in [3.05, 3.63) is 71.4 Å². The SMILES string of the molecule is NC(=O)CSC1=N/C(=C\c2ccccc2C(F)(F)F)C(=O)N1c1ccccc1. The molecule has 0 spiro atoms. The lowest BCUT2D eigenvalue weighted by atomic mass is 10.1. The minimum absolute atomic E-state index is 0.123. The Balaban J connectivity index is 2.04. The Bertz CT molecular complexity index is 972. The molecule has 1 heterocycles. The third-order valence-electron chi connectivity index (χ3n) is 3.75. The van der Waals surface area contributed by atoms with Gasteiger partial charge in [-0.05, 0) is 29.8 Å². The van der Waals surface area contributed by atoms with E-state index in [0.717, 1.165) is 23.9 Å². The second-order valence-corrected chi connectivity index (χ2v) is 6.68. The molecular formula is C19H14F3N3O2S. The number of hydrogen-bond acceptors (Lipinski definition) is 4. The Labute approximate surface area is 162 Å². The fourth-order valence-electron chi connectivity index (χ4n) is 2.56. The molecule has 0 fully saturated rings. The number of amides is 2. The molecule has 5 nitrogen and oxygen atoms in total. The number of aliphatic imine (C=N–C) groups is 1. The summed E-state index contributed by atoms with van der Waals surface area (Å²) >= 11 is 0.940.